The number of amides is 3. The fraction of sp³-hybridized carbons (Fsp3) is 0.588. The number of nitrogens with zero attached hydrogens (tertiary/aromatic N) is 1. The number of hydrogen-bond donors (Lipinski definition) is 6. The van der Waals surface area contributed by atoms with E-state index in [2.05, 4.69) is 20.6 Å². The molecule has 0 radical (unpaired) electrons. The molecule has 11 nitrogen and oxygen atoms in total. The van der Waals surface area contributed by atoms with Crippen molar-refractivity contribution in [2.75, 3.05) is 0 Å². The molecule has 28 heavy (non-hydrogen) atoms. The molecule has 1 rings (SSSR count). The number of imidazole rings is 1. The number of hydrogen-bond acceptors (Lipinski definition) is 6. The molecule has 1 aromatic rings. The molecular weight excluding hydrogens is 368 g/mol. The number of aromatic nitrogens is 2. The Kier molecular flexibility index (Phi) is 9.09. The van der Waals surface area contributed by atoms with Crippen LogP contribution in [0.5, 0.6) is 0 Å². The van der Waals surface area contributed by atoms with Gasteiger partial charge in [-0.1, -0.05) is 20.3 Å². The summed E-state index contributed by atoms with van der Waals surface area (Å²) in [5, 5.41) is 14.4. The summed E-state index contributed by atoms with van der Waals surface area (Å²) in [5.41, 5.74) is 11.3. The van der Waals surface area contributed by atoms with Crippen LogP contribution < -0.4 is 22.1 Å². The molecule has 0 bridgehead atoms. The summed E-state index contributed by atoms with van der Waals surface area (Å²) in [6.07, 6.45) is 3.45. The Morgan fingerprint density at radius 1 is 1.25 bits per heavy atom. The summed E-state index contributed by atoms with van der Waals surface area (Å²) >= 11 is 0. The highest BCUT2D eigenvalue weighted by Gasteiger charge is 2.31. The van der Waals surface area contributed by atoms with E-state index < -0.39 is 41.8 Å². The molecule has 3 amide bonds. The number of nitrogens with one attached hydrogen (secondary N) is 3. The summed E-state index contributed by atoms with van der Waals surface area (Å²) in [6.45, 7) is 3.59. The first-order chi connectivity index (χ1) is 13.1. The number of H-pyrrole nitrogens is 1. The summed E-state index contributed by atoms with van der Waals surface area (Å²) < 4.78 is 0. The van der Waals surface area contributed by atoms with E-state index in [9.17, 15) is 24.3 Å². The molecule has 0 aliphatic heterocycles. The predicted molar refractivity (Wildman–Crippen MR) is 99.6 cm³/mol. The van der Waals surface area contributed by atoms with Crippen molar-refractivity contribution >= 4 is 23.7 Å². The highest BCUT2D eigenvalue weighted by atomic mass is 16.4. The minimum absolute atomic E-state index is 0.0143. The SMILES string of the molecule is CC[C@H](C)[C@H](NC(=O)[C@@H](N)CCC(N)=O)C(=O)N[C@@H](Cc1cnc[nH]1)C(=O)O. The van der Waals surface area contributed by atoms with Gasteiger partial charge in [-0.25, -0.2) is 9.78 Å². The van der Waals surface area contributed by atoms with Gasteiger partial charge in [0.05, 0.1) is 12.4 Å². The molecule has 0 aromatic carbocycles. The summed E-state index contributed by atoms with van der Waals surface area (Å²) in [5.74, 6) is -3.30. The molecule has 0 saturated carbocycles. The van der Waals surface area contributed by atoms with Crippen molar-refractivity contribution in [2.45, 2.75) is 57.7 Å². The number of aliphatic carboxylic acids is 1. The van der Waals surface area contributed by atoms with E-state index in [4.69, 9.17) is 11.5 Å². The minimum atomic E-state index is -1.21. The van der Waals surface area contributed by atoms with E-state index in [1.807, 2.05) is 6.92 Å². The third-order valence-electron chi connectivity index (χ3n) is 4.43. The maximum absolute atomic E-state index is 12.7. The molecule has 0 aliphatic carbocycles. The van der Waals surface area contributed by atoms with Crippen LogP contribution in [0.15, 0.2) is 12.5 Å². The second kappa shape index (κ2) is 11.0. The van der Waals surface area contributed by atoms with Crippen LogP contribution in [0.4, 0.5) is 0 Å². The molecule has 11 heteroatoms. The quantitative estimate of drug-likeness (QED) is 0.251. The molecular formula is C17H28N6O5. The van der Waals surface area contributed by atoms with Gasteiger partial charge in [-0.2, -0.15) is 0 Å². The summed E-state index contributed by atoms with van der Waals surface area (Å²) in [6, 6.07) is -3.17. The molecule has 1 heterocycles. The second-order valence-electron chi connectivity index (χ2n) is 6.66. The number of carbonyl (C=O) groups excluding carboxylic acids is 3. The lowest BCUT2D eigenvalue weighted by Crippen LogP contribution is -2.57. The first-order valence-electron chi connectivity index (χ1n) is 9.00. The molecule has 1 aromatic heterocycles. The smallest absolute Gasteiger partial charge is 0.326 e. The fourth-order valence-electron chi connectivity index (χ4n) is 2.47. The van der Waals surface area contributed by atoms with Gasteiger partial charge in [-0.05, 0) is 12.3 Å². The number of carboxylic acids is 1. The van der Waals surface area contributed by atoms with Crippen LogP contribution in [0, 0.1) is 5.92 Å². The van der Waals surface area contributed by atoms with E-state index in [1.165, 1.54) is 12.5 Å². The number of rotatable bonds is 12. The molecule has 4 atom stereocenters. The molecule has 0 saturated heterocycles. The highest BCUT2D eigenvalue weighted by Crippen LogP contribution is 2.10. The zero-order valence-corrected chi connectivity index (χ0v) is 16.0. The topological polar surface area (TPSA) is 193 Å². The second-order valence-corrected chi connectivity index (χ2v) is 6.66. The van der Waals surface area contributed by atoms with E-state index in [0.717, 1.165) is 0 Å². The summed E-state index contributed by atoms with van der Waals surface area (Å²) in [4.78, 5) is 53.9. The monoisotopic (exact) mass is 396 g/mol. The van der Waals surface area contributed by atoms with Crippen LogP contribution in [0.3, 0.4) is 0 Å². The van der Waals surface area contributed by atoms with Crippen molar-refractivity contribution in [3.63, 3.8) is 0 Å². The lowest BCUT2D eigenvalue weighted by molar-refractivity contribution is -0.142. The average Bonchev–Trinajstić information content (AvgIpc) is 3.15. The van der Waals surface area contributed by atoms with Gasteiger partial charge < -0.3 is 32.2 Å². The first-order valence-corrected chi connectivity index (χ1v) is 9.00. The van der Waals surface area contributed by atoms with Crippen LogP contribution in [0.25, 0.3) is 0 Å². The Hall–Kier alpha value is -2.95. The number of carbonyl (C=O) groups is 4. The Morgan fingerprint density at radius 2 is 1.93 bits per heavy atom. The standard InChI is InChI=1S/C17H28N6O5/c1-3-9(2)14(23-15(25)11(18)4-5-13(19)24)16(26)22-12(17(27)28)6-10-7-20-8-21-10/h7-9,11-12,14H,3-6,18H2,1-2H3,(H2,19,24)(H,20,21)(H,22,26)(H,23,25)(H,27,28)/t9-,11-,12-,14-/m0/s1. The zero-order valence-electron chi connectivity index (χ0n) is 16.0. The maximum Gasteiger partial charge on any atom is 0.326 e. The molecule has 8 N–H and O–H groups in total. The molecule has 0 spiro atoms. The van der Waals surface area contributed by atoms with Crippen molar-refractivity contribution in [1.29, 1.82) is 0 Å². The first kappa shape index (κ1) is 23.1. The molecule has 0 fully saturated rings. The number of aromatic amines is 1. The van der Waals surface area contributed by atoms with Crippen molar-refractivity contribution in [3.05, 3.63) is 18.2 Å². The highest BCUT2D eigenvalue weighted by molar-refractivity contribution is 5.92. The van der Waals surface area contributed by atoms with Gasteiger partial charge in [0.2, 0.25) is 17.7 Å². The Morgan fingerprint density at radius 3 is 2.43 bits per heavy atom. The third-order valence-corrected chi connectivity index (χ3v) is 4.43. The van der Waals surface area contributed by atoms with Crippen LogP contribution >= 0.6 is 0 Å². The van der Waals surface area contributed by atoms with Crippen molar-refractivity contribution in [1.82, 2.24) is 20.6 Å². The van der Waals surface area contributed by atoms with Gasteiger partial charge in [-0.3, -0.25) is 14.4 Å². The van der Waals surface area contributed by atoms with Crippen LogP contribution in [0.2, 0.25) is 0 Å². The normalized spacial score (nSPS) is 15.1. The van der Waals surface area contributed by atoms with Gasteiger partial charge in [0.15, 0.2) is 0 Å². The number of nitrogens with two attached hydrogens (primary N) is 2. The largest absolute Gasteiger partial charge is 0.480 e. The van der Waals surface area contributed by atoms with Gasteiger partial charge in [0.25, 0.3) is 0 Å². The number of primary amides is 1. The maximum atomic E-state index is 12.7. The molecule has 0 aliphatic rings. The van der Waals surface area contributed by atoms with E-state index in [0.29, 0.717) is 12.1 Å². The number of carboxylic acid groups (broad SMARTS) is 1. The van der Waals surface area contributed by atoms with Crippen molar-refractivity contribution in [2.24, 2.45) is 17.4 Å². The van der Waals surface area contributed by atoms with Crippen LogP contribution in [0.1, 0.15) is 38.8 Å². The molecule has 0 unspecified atom stereocenters. The fourth-order valence-corrected chi connectivity index (χ4v) is 2.47. The average molecular weight is 396 g/mol. The minimum Gasteiger partial charge on any atom is -0.480 e. The molecule has 156 valence electrons. The summed E-state index contributed by atoms with van der Waals surface area (Å²) in [7, 11) is 0. The lowest BCUT2D eigenvalue weighted by Gasteiger charge is -2.26. The van der Waals surface area contributed by atoms with E-state index >= 15 is 0 Å². The van der Waals surface area contributed by atoms with Crippen molar-refractivity contribution in [3.8, 4) is 0 Å². The third kappa shape index (κ3) is 7.35. The van der Waals surface area contributed by atoms with Crippen molar-refractivity contribution < 1.29 is 24.3 Å². The van der Waals surface area contributed by atoms with Gasteiger partial charge >= 0.3 is 5.97 Å². The van der Waals surface area contributed by atoms with Gasteiger partial charge in [-0.15, -0.1) is 0 Å². The van der Waals surface area contributed by atoms with Crippen LogP contribution in [-0.2, 0) is 25.6 Å². The Bertz CT molecular complexity index is 678. The van der Waals surface area contributed by atoms with Crippen LogP contribution in [-0.4, -0.2) is 56.9 Å². The Balaban J connectivity index is 2.81. The predicted octanol–water partition coefficient (Wildman–Crippen LogP) is -1.35. The van der Waals surface area contributed by atoms with Gasteiger partial charge in [0, 0.05) is 24.7 Å². The Labute approximate surface area is 162 Å². The van der Waals surface area contributed by atoms with Gasteiger partial charge in [0.1, 0.15) is 12.1 Å². The zero-order chi connectivity index (χ0) is 21.3. The van der Waals surface area contributed by atoms with E-state index in [1.54, 1.807) is 6.92 Å². The van der Waals surface area contributed by atoms with E-state index in [-0.39, 0.29) is 25.2 Å². The lowest BCUT2D eigenvalue weighted by atomic mass is 9.97.